The summed E-state index contributed by atoms with van der Waals surface area (Å²) in [6.07, 6.45) is 7.57. The Bertz CT molecular complexity index is 589. The molecule has 2 atom stereocenters. The van der Waals surface area contributed by atoms with E-state index in [1.54, 1.807) is 6.07 Å². The molecule has 1 aliphatic carbocycles. The van der Waals surface area contributed by atoms with Crippen LogP contribution in [-0.2, 0) is 9.53 Å². The van der Waals surface area contributed by atoms with E-state index < -0.39 is 6.04 Å². The molecule has 7 nitrogen and oxygen atoms in total. The second-order valence-electron chi connectivity index (χ2n) is 7.19. The van der Waals surface area contributed by atoms with Crippen LogP contribution < -0.4 is 10.6 Å². The summed E-state index contributed by atoms with van der Waals surface area (Å²) in [5.41, 5.74) is 1.30. The van der Waals surface area contributed by atoms with Gasteiger partial charge in [-0.15, -0.1) is 0 Å². The van der Waals surface area contributed by atoms with Gasteiger partial charge in [-0.2, -0.15) is 5.10 Å². The second kappa shape index (κ2) is 8.47. The fourth-order valence-corrected chi connectivity index (χ4v) is 3.93. The SMILES string of the molecule is COC(=O)[C@H](CC1CCCCC1)NC(=O)c1cc(C2CCNC2)[nH]n1. The first-order chi connectivity index (χ1) is 12.2. The molecule has 7 heteroatoms. The Balaban J connectivity index is 1.61. The maximum Gasteiger partial charge on any atom is 0.328 e. The van der Waals surface area contributed by atoms with Crippen LogP contribution >= 0.6 is 0 Å². The number of carbonyl (C=O) groups is 2. The molecule has 1 aromatic heterocycles. The van der Waals surface area contributed by atoms with Crippen molar-refractivity contribution in [2.75, 3.05) is 20.2 Å². The van der Waals surface area contributed by atoms with E-state index in [2.05, 4.69) is 20.8 Å². The lowest BCUT2D eigenvalue weighted by molar-refractivity contribution is -0.143. The number of methoxy groups -OCH3 is 1. The average Bonchev–Trinajstić information content (AvgIpc) is 3.32. The summed E-state index contributed by atoms with van der Waals surface area (Å²) in [7, 11) is 1.36. The molecular formula is C18H28N4O3. The van der Waals surface area contributed by atoms with Crippen molar-refractivity contribution >= 4 is 11.9 Å². The zero-order valence-corrected chi connectivity index (χ0v) is 14.8. The van der Waals surface area contributed by atoms with Gasteiger partial charge in [0, 0.05) is 18.2 Å². The summed E-state index contributed by atoms with van der Waals surface area (Å²) in [5.74, 6) is 0.138. The Kier molecular flexibility index (Phi) is 6.07. The van der Waals surface area contributed by atoms with Gasteiger partial charge in [0.2, 0.25) is 0 Å². The van der Waals surface area contributed by atoms with E-state index in [0.717, 1.165) is 38.0 Å². The molecule has 0 radical (unpaired) electrons. The predicted octanol–water partition coefficient (Wildman–Crippen LogP) is 1.73. The Hall–Kier alpha value is -1.89. The van der Waals surface area contributed by atoms with E-state index in [4.69, 9.17) is 4.74 Å². The Morgan fingerprint density at radius 1 is 1.32 bits per heavy atom. The lowest BCUT2D eigenvalue weighted by atomic mass is 9.85. The average molecular weight is 348 g/mol. The number of H-pyrrole nitrogens is 1. The van der Waals surface area contributed by atoms with Gasteiger partial charge in [0.15, 0.2) is 0 Å². The van der Waals surface area contributed by atoms with Gasteiger partial charge in [-0.05, 0) is 31.4 Å². The number of hydrogen-bond donors (Lipinski definition) is 3. The van der Waals surface area contributed by atoms with Gasteiger partial charge in [-0.25, -0.2) is 4.79 Å². The molecule has 2 fully saturated rings. The number of hydrogen-bond acceptors (Lipinski definition) is 5. The van der Waals surface area contributed by atoms with Gasteiger partial charge in [0.05, 0.1) is 7.11 Å². The van der Waals surface area contributed by atoms with E-state index in [-0.39, 0.29) is 11.9 Å². The molecule has 1 aliphatic heterocycles. The highest BCUT2D eigenvalue weighted by atomic mass is 16.5. The summed E-state index contributed by atoms with van der Waals surface area (Å²) in [6.45, 7) is 1.88. The van der Waals surface area contributed by atoms with Crippen molar-refractivity contribution in [2.24, 2.45) is 5.92 Å². The first-order valence-corrected chi connectivity index (χ1v) is 9.32. The Morgan fingerprint density at radius 3 is 2.80 bits per heavy atom. The summed E-state index contributed by atoms with van der Waals surface area (Å²) in [4.78, 5) is 24.6. The molecule has 3 rings (SSSR count). The molecule has 0 aromatic carbocycles. The van der Waals surface area contributed by atoms with Crippen LogP contribution in [0.1, 0.15) is 67.0 Å². The largest absolute Gasteiger partial charge is 0.467 e. The molecule has 1 saturated heterocycles. The highest BCUT2D eigenvalue weighted by Gasteiger charge is 2.28. The van der Waals surface area contributed by atoms with Crippen molar-refractivity contribution in [3.8, 4) is 0 Å². The molecule has 0 spiro atoms. The Labute approximate surface area is 148 Å². The van der Waals surface area contributed by atoms with Crippen LogP contribution in [0.5, 0.6) is 0 Å². The van der Waals surface area contributed by atoms with Crippen molar-refractivity contribution in [2.45, 2.75) is 56.9 Å². The quantitative estimate of drug-likeness (QED) is 0.681. The smallest absolute Gasteiger partial charge is 0.328 e. The van der Waals surface area contributed by atoms with E-state index in [1.807, 2.05) is 0 Å². The van der Waals surface area contributed by atoms with Gasteiger partial charge in [-0.3, -0.25) is 9.89 Å². The zero-order valence-electron chi connectivity index (χ0n) is 14.8. The number of nitrogens with zero attached hydrogens (tertiary/aromatic N) is 1. The third-order valence-electron chi connectivity index (χ3n) is 5.42. The van der Waals surface area contributed by atoms with Gasteiger partial charge in [0.1, 0.15) is 11.7 Å². The van der Waals surface area contributed by atoms with Crippen LogP contribution in [0.2, 0.25) is 0 Å². The van der Waals surface area contributed by atoms with Gasteiger partial charge >= 0.3 is 5.97 Å². The number of ether oxygens (including phenoxy) is 1. The van der Waals surface area contributed by atoms with E-state index in [9.17, 15) is 9.59 Å². The molecule has 1 saturated carbocycles. The highest BCUT2D eigenvalue weighted by molar-refractivity contribution is 5.95. The van der Waals surface area contributed by atoms with Crippen molar-refractivity contribution in [3.05, 3.63) is 17.5 Å². The summed E-state index contributed by atoms with van der Waals surface area (Å²) >= 11 is 0. The molecule has 2 aliphatic rings. The molecule has 1 unspecified atom stereocenters. The number of aromatic nitrogens is 2. The van der Waals surface area contributed by atoms with Crippen molar-refractivity contribution in [3.63, 3.8) is 0 Å². The first kappa shape index (κ1) is 17.9. The number of nitrogens with one attached hydrogen (secondary N) is 3. The predicted molar refractivity (Wildman–Crippen MR) is 93.3 cm³/mol. The zero-order chi connectivity index (χ0) is 17.6. The molecule has 25 heavy (non-hydrogen) atoms. The lowest BCUT2D eigenvalue weighted by Crippen LogP contribution is -2.43. The number of esters is 1. The number of amides is 1. The van der Waals surface area contributed by atoms with Crippen LogP contribution in [0, 0.1) is 5.92 Å². The monoisotopic (exact) mass is 348 g/mol. The first-order valence-electron chi connectivity index (χ1n) is 9.32. The fourth-order valence-electron chi connectivity index (χ4n) is 3.93. The Morgan fingerprint density at radius 2 is 2.12 bits per heavy atom. The van der Waals surface area contributed by atoms with E-state index in [1.165, 1.54) is 26.4 Å². The second-order valence-corrected chi connectivity index (χ2v) is 7.19. The minimum Gasteiger partial charge on any atom is -0.467 e. The van der Waals surface area contributed by atoms with Gasteiger partial charge < -0.3 is 15.4 Å². The van der Waals surface area contributed by atoms with Crippen LogP contribution in [0.4, 0.5) is 0 Å². The molecule has 138 valence electrons. The topological polar surface area (TPSA) is 96.1 Å². The third kappa shape index (κ3) is 4.60. The number of rotatable bonds is 6. The molecule has 2 heterocycles. The maximum absolute atomic E-state index is 12.5. The van der Waals surface area contributed by atoms with Crippen molar-refractivity contribution in [1.82, 2.24) is 20.8 Å². The summed E-state index contributed by atoms with van der Waals surface area (Å²) in [5, 5.41) is 13.2. The number of aromatic amines is 1. The van der Waals surface area contributed by atoms with E-state index >= 15 is 0 Å². The minimum atomic E-state index is -0.603. The molecule has 1 amide bonds. The summed E-state index contributed by atoms with van der Waals surface area (Å²) in [6, 6.07) is 1.19. The number of carbonyl (C=O) groups excluding carboxylic acids is 2. The lowest BCUT2D eigenvalue weighted by Gasteiger charge is -2.25. The molecule has 0 bridgehead atoms. The molecule has 3 N–H and O–H groups in total. The molecule has 1 aromatic rings. The van der Waals surface area contributed by atoms with Gasteiger partial charge in [-0.1, -0.05) is 32.1 Å². The maximum atomic E-state index is 12.5. The minimum absolute atomic E-state index is 0.320. The summed E-state index contributed by atoms with van der Waals surface area (Å²) < 4.78 is 4.89. The fraction of sp³-hybridized carbons (Fsp3) is 0.722. The van der Waals surface area contributed by atoms with Crippen LogP contribution in [0.3, 0.4) is 0 Å². The van der Waals surface area contributed by atoms with Crippen LogP contribution in [0.15, 0.2) is 6.07 Å². The standard InChI is InChI=1S/C18H28N4O3/c1-25-18(24)16(9-12-5-3-2-4-6-12)20-17(23)15-10-14(21-22-15)13-7-8-19-11-13/h10,12-13,16,19H,2-9,11H2,1H3,(H,20,23)(H,21,22)/t13?,16-/m0/s1. The third-order valence-corrected chi connectivity index (χ3v) is 5.42. The molecular weight excluding hydrogens is 320 g/mol. The van der Waals surface area contributed by atoms with Crippen LogP contribution in [0.25, 0.3) is 0 Å². The van der Waals surface area contributed by atoms with Gasteiger partial charge in [0.25, 0.3) is 5.91 Å². The normalized spacial score (nSPS) is 22.5. The van der Waals surface area contributed by atoms with Crippen molar-refractivity contribution < 1.29 is 14.3 Å². The van der Waals surface area contributed by atoms with Crippen LogP contribution in [-0.4, -0.2) is 48.3 Å². The highest BCUT2D eigenvalue weighted by Crippen LogP contribution is 2.27. The van der Waals surface area contributed by atoms with E-state index in [0.29, 0.717) is 24.0 Å². The van der Waals surface area contributed by atoms with Crippen molar-refractivity contribution in [1.29, 1.82) is 0 Å².